The predicted molar refractivity (Wildman–Crippen MR) is 128 cm³/mol. The Morgan fingerprint density at radius 2 is 1.68 bits per heavy atom. The number of amides is 1. The summed E-state index contributed by atoms with van der Waals surface area (Å²) >= 11 is 0. The number of hydrogen-bond donors (Lipinski definition) is 0. The van der Waals surface area contributed by atoms with E-state index in [1.54, 1.807) is 36.4 Å². The molecule has 1 fully saturated rings. The lowest BCUT2D eigenvalue weighted by Gasteiger charge is -2.35. The Balaban J connectivity index is 1.33. The molecule has 1 aliphatic heterocycles. The molecule has 34 heavy (non-hydrogen) atoms. The molecule has 0 saturated carbocycles. The summed E-state index contributed by atoms with van der Waals surface area (Å²) in [4.78, 5) is 37.4. The molecule has 3 heterocycles. The Labute approximate surface area is 198 Å². The van der Waals surface area contributed by atoms with E-state index in [-0.39, 0.29) is 5.91 Å². The summed E-state index contributed by atoms with van der Waals surface area (Å²) < 4.78 is 7.23. The fraction of sp³-hybridized carbons (Fsp3) is 0.320. The number of esters is 1. The first-order valence-corrected chi connectivity index (χ1v) is 11.2. The largest absolute Gasteiger partial charge is 0.449 e. The lowest BCUT2D eigenvalue weighted by Crippen LogP contribution is -2.52. The number of nitrogens with zero attached hydrogens (tertiary/aromatic N) is 6. The average molecular weight is 461 g/mol. The number of rotatable bonds is 6. The maximum Gasteiger partial charge on any atom is 0.331 e. The minimum absolute atomic E-state index is 0.209. The fourth-order valence-corrected chi connectivity index (χ4v) is 3.97. The average Bonchev–Trinajstić information content (AvgIpc) is 3.16. The third-order valence-electron chi connectivity index (χ3n) is 5.80. The van der Waals surface area contributed by atoms with Gasteiger partial charge in [0.2, 0.25) is 5.95 Å². The van der Waals surface area contributed by atoms with Gasteiger partial charge in [0.25, 0.3) is 5.91 Å². The summed E-state index contributed by atoms with van der Waals surface area (Å²) in [5.74, 6) is -0.122. The molecule has 1 unspecified atom stereocenters. The second kappa shape index (κ2) is 10.3. The normalized spacial score (nSPS) is 14.9. The number of carbonyl (C=O) groups excluding carboxylic acids is 2. The van der Waals surface area contributed by atoms with Gasteiger partial charge in [-0.15, -0.1) is 0 Å². The molecule has 1 saturated heterocycles. The van der Waals surface area contributed by atoms with Gasteiger partial charge in [-0.25, -0.2) is 19.4 Å². The number of aryl methyl sites for hydroxylation is 1. The van der Waals surface area contributed by atoms with Gasteiger partial charge in [-0.05, 0) is 45.0 Å². The van der Waals surface area contributed by atoms with Crippen molar-refractivity contribution in [1.82, 2.24) is 24.6 Å². The van der Waals surface area contributed by atoms with Gasteiger partial charge >= 0.3 is 5.97 Å². The summed E-state index contributed by atoms with van der Waals surface area (Å²) in [6, 6.07) is 11.6. The zero-order valence-corrected chi connectivity index (χ0v) is 19.6. The Hall–Kier alpha value is -4.01. The molecular formula is C25H28N6O3. The zero-order chi connectivity index (χ0) is 24.1. The van der Waals surface area contributed by atoms with Crippen LogP contribution in [0.4, 0.5) is 5.95 Å². The zero-order valence-electron chi connectivity index (χ0n) is 19.6. The summed E-state index contributed by atoms with van der Waals surface area (Å²) in [5.41, 5.74) is 3.51. The van der Waals surface area contributed by atoms with Crippen LogP contribution in [0.25, 0.3) is 11.8 Å². The van der Waals surface area contributed by atoms with Gasteiger partial charge in [0.15, 0.2) is 6.10 Å². The van der Waals surface area contributed by atoms with Crippen molar-refractivity contribution >= 4 is 23.9 Å². The van der Waals surface area contributed by atoms with Crippen molar-refractivity contribution in [2.75, 3.05) is 31.1 Å². The number of carbonyl (C=O) groups is 2. The van der Waals surface area contributed by atoms with Crippen LogP contribution < -0.4 is 4.90 Å². The maximum atomic E-state index is 12.8. The van der Waals surface area contributed by atoms with Crippen molar-refractivity contribution in [2.24, 2.45) is 0 Å². The third kappa shape index (κ3) is 5.14. The molecular weight excluding hydrogens is 432 g/mol. The van der Waals surface area contributed by atoms with E-state index < -0.39 is 12.1 Å². The molecule has 0 N–H and O–H groups in total. The second-order valence-electron chi connectivity index (χ2n) is 8.11. The number of ether oxygens (including phenoxy) is 1. The summed E-state index contributed by atoms with van der Waals surface area (Å²) in [6.45, 7) is 7.73. The van der Waals surface area contributed by atoms with E-state index >= 15 is 0 Å². The standard InChI is InChI=1S/C25H28N6O3/c1-18-22(19(2)31(28-18)21-8-5-4-6-9-21)10-11-23(32)34-20(3)24(33)29-14-16-30(17-15-29)25-26-12-7-13-27-25/h4-13,20H,14-17H2,1-3H3/b11-10+. The Morgan fingerprint density at radius 1 is 1.00 bits per heavy atom. The molecule has 4 rings (SSSR count). The van der Waals surface area contributed by atoms with Crippen molar-refractivity contribution in [3.63, 3.8) is 0 Å². The van der Waals surface area contributed by atoms with Crippen LogP contribution in [0.15, 0.2) is 54.9 Å². The number of piperazine rings is 1. The summed E-state index contributed by atoms with van der Waals surface area (Å²) in [6.07, 6.45) is 5.57. The van der Waals surface area contributed by atoms with Crippen LogP contribution in [0, 0.1) is 13.8 Å². The van der Waals surface area contributed by atoms with Crippen LogP contribution in [0.1, 0.15) is 23.9 Å². The Kier molecular flexibility index (Phi) is 7.01. The van der Waals surface area contributed by atoms with Gasteiger partial charge in [0.1, 0.15) is 0 Å². The molecule has 9 heteroatoms. The van der Waals surface area contributed by atoms with Crippen LogP contribution in [0.3, 0.4) is 0 Å². The highest BCUT2D eigenvalue weighted by Gasteiger charge is 2.27. The van der Waals surface area contributed by atoms with E-state index in [0.29, 0.717) is 32.1 Å². The van der Waals surface area contributed by atoms with Gasteiger partial charge in [-0.1, -0.05) is 18.2 Å². The van der Waals surface area contributed by atoms with Crippen LogP contribution in [-0.4, -0.2) is 68.8 Å². The molecule has 0 bridgehead atoms. The maximum absolute atomic E-state index is 12.8. The van der Waals surface area contributed by atoms with Crippen LogP contribution in [0.5, 0.6) is 0 Å². The summed E-state index contributed by atoms with van der Waals surface area (Å²) in [7, 11) is 0. The van der Waals surface area contributed by atoms with Gasteiger partial charge in [-0.2, -0.15) is 5.10 Å². The highest BCUT2D eigenvalue weighted by Crippen LogP contribution is 2.19. The van der Waals surface area contributed by atoms with E-state index in [1.807, 2.05) is 53.8 Å². The Bertz CT molecular complexity index is 1170. The number of anilines is 1. The lowest BCUT2D eigenvalue weighted by atomic mass is 10.2. The SMILES string of the molecule is Cc1nn(-c2ccccc2)c(C)c1/C=C/C(=O)OC(C)C(=O)N1CCN(c2ncccn2)CC1. The number of hydrogen-bond acceptors (Lipinski definition) is 7. The number of para-hydroxylation sites is 1. The minimum atomic E-state index is -0.870. The van der Waals surface area contributed by atoms with Crippen molar-refractivity contribution < 1.29 is 14.3 Å². The molecule has 9 nitrogen and oxygen atoms in total. The molecule has 176 valence electrons. The predicted octanol–water partition coefficient (Wildman–Crippen LogP) is 2.57. The number of aromatic nitrogens is 4. The molecule has 1 aliphatic rings. The quantitative estimate of drug-likeness (QED) is 0.412. The third-order valence-corrected chi connectivity index (χ3v) is 5.80. The molecule has 0 spiro atoms. The molecule has 0 aliphatic carbocycles. The van der Waals surface area contributed by atoms with Crippen LogP contribution >= 0.6 is 0 Å². The summed E-state index contributed by atoms with van der Waals surface area (Å²) in [5, 5.41) is 4.58. The fourth-order valence-electron chi connectivity index (χ4n) is 3.97. The van der Waals surface area contributed by atoms with E-state index in [9.17, 15) is 9.59 Å². The monoisotopic (exact) mass is 460 g/mol. The highest BCUT2D eigenvalue weighted by atomic mass is 16.5. The van der Waals surface area contributed by atoms with Crippen molar-refractivity contribution in [3.05, 3.63) is 71.8 Å². The van der Waals surface area contributed by atoms with Gasteiger partial charge in [0.05, 0.1) is 11.4 Å². The molecule has 3 aromatic rings. The van der Waals surface area contributed by atoms with Crippen molar-refractivity contribution in [2.45, 2.75) is 26.9 Å². The topological polar surface area (TPSA) is 93.5 Å². The van der Waals surface area contributed by atoms with Gasteiger partial charge in [-0.3, -0.25) is 4.79 Å². The van der Waals surface area contributed by atoms with Crippen LogP contribution in [0.2, 0.25) is 0 Å². The smallest absolute Gasteiger partial charge is 0.331 e. The first-order valence-electron chi connectivity index (χ1n) is 11.2. The van der Waals surface area contributed by atoms with Crippen molar-refractivity contribution in [3.8, 4) is 5.69 Å². The van der Waals surface area contributed by atoms with Crippen molar-refractivity contribution in [1.29, 1.82) is 0 Å². The van der Waals surface area contributed by atoms with E-state index in [0.717, 1.165) is 22.6 Å². The van der Waals surface area contributed by atoms with E-state index in [4.69, 9.17) is 4.74 Å². The molecule has 1 aromatic carbocycles. The first-order chi connectivity index (χ1) is 16.4. The second-order valence-corrected chi connectivity index (χ2v) is 8.11. The van der Waals surface area contributed by atoms with E-state index in [2.05, 4.69) is 15.1 Å². The molecule has 0 radical (unpaired) electrons. The van der Waals surface area contributed by atoms with E-state index in [1.165, 1.54) is 6.08 Å². The molecule has 1 atom stereocenters. The lowest BCUT2D eigenvalue weighted by molar-refractivity contribution is -0.155. The highest BCUT2D eigenvalue weighted by molar-refractivity contribution is 5.90. The number of benzene rings is 1. The molecule has 1 amide bonds. The Morgan fingerprint density at radius 3 is 2.35 bits per heavy atom. The first kappa shape index (κ1) is 23.2. The minimum Gasteiger partial charge on any atom is -0.449 e. The van der Waals surface area contributed by atoms with Gasteiger partial charge < -0.3 is 14.5 Å². The molecule has 2 aromatic heterocycles. The van der Waals surface area contributed by atoms with Gasteiger partial charge in [0, 0.05) is 55.9 Å². The van der Waals surface area contributed by atoms with Crippen LogP contribution in [-0.2, 0) is 14.3 Å².